The zero-order valence-corrected chi connectivity index (χ0v) is 9.75. The Morgan fingerprint density at radius 3 is 2.69 bits per heavy atom. The maximum atomic E-state index is 4.22. The van der Waals surface area contributed by atoms with Crippen LogP contribution in [0.4, 0.5) is 0 Å². The van der Waals surface area contributed by atoms with Gasteiger partial charge in [0.05, 0.1) is 6.20 Å². The molecule has 2 heterocycles. The van der Waals surface area contributed by atoms with E-state index in [-0.39, 0.29) is 6.04 Å². The number of hydrogen-bond acceptors (Lipinski definition) is 4. The largest absolute Gasteiger partial charge is 0.313 e. The maximum absolute atomic E-state index is 4.22. The Kier molecular flexibility index (Phi) is 3.00. The lowest BCUT2D eigenvalue weighted by molar-refractivity contribution is 0.553. The van der Waals surface area contributed by atoms with Gasteiger partial charge in [-0.15, -0.1) is 0 Å². The van der Waals surface area contributed by atoms with Crippen LogP contribution < -0.4 is 5.32 Å². The Labute approximate surface area is 94.3 Å². The first-order valence-corrected chi connectivity index (χ1v) is 5.19. The fourth-order valence-corrected chi connectivity index (χ4v) is 1.69. The number of hydrogen-bond donors (Lipinski definition) is 1. The van der Waals surface area contributed by atoms with Crippen molar-refractivity contribution in [1.82, 2.24) is 29.9 Å². The summed E-state index contributed by atoms with van der Waals surface area (Å²) in [4.78, 5) is 4.22. The normalized spacial score (nSPS) is 12.9. The van der Waals surface area contributed by atoms with Crippen molar-refractivity contribution < 1.29 is 0 Å². The van der Waals surface area contributed by atoms with Gasteiger partial charge in [-0.1, -0.05) is 0 Å². The summed E-state index contributed by atoms with van der Waals surface area (Å²) in [6.07, 6.45) is 6.26. The maximum Gasteiger partial charge on any atom is 0.138 e. The van der Waals surface area contributed by atoms with Crippen LogP contribution in [0, 0.1) is 0 Å². The lowest BCUT2D eigenvalue weighted by Crippen LogP contribution is -2.20. The third-order valence-electron chi connectivity index (χ3n) is 2.67. The molecule has 1 N–H and O–H groups in total. The number of aromatic nitrogens is 5. The molecule has 1 unspecified atom stereocenters. The van der Waals surface area contributed by atoms with Gasteiger partial charge in [0.1, 0.15) is 12.2 Å². The van der Waals surface area contributed by atoms with Gasteiger partial charge in [-0.2, -0.15) is 10.2 Å². The highest BCUT2D eigenvalue weighted by molar-refractivity contribution is 5.12. The van der Waals surface area contributed by atoms with E-state index in [1.807, 2.05) is 33.5 Å². The van der Waals surface area contributed by atoms with E-state index in [2.05, 4.69) is 20.5 Å². The summed E-state index contributed by atoms with van der Waals surface area (Å²) in [5.74, 6) is 0.961. The first-order chi connectivity index (χ1) is 7.70. The molecular formula is C10H16N6. The van der Waals surface area contributed by atoms with Crippen LogP contribution in [0.5, 0.6) is 0 Å². The monoisotopic (exact) mass is 220 g/mol. The van der Waals surface area contributed by atoms with Crippen molar-refractivity contribution in [1.29, 1.82) is 0 Å². The third kappa shape index (κ3) is 2.11. The SMILES string of the molecule is CNC(Cc1ncnn1C)c1cnn(C)c1. The third-order valence-corrected chi connectivity index (χ3v) is 2.67. The van der Waals surface area contributed by atoms with Crippen molar-refractivity contribution in [3.8, 4) is 0 Å². The van der Waals surface area contributed by atoms with Crippen LogP contribution in [0.25, 0.3) is 0 Å². The molecule has 0 amide bonds. The van der Waals surface area contributed by atoms with E-state index in [1.165, 1.54) is 0 Å². The molecule has 0 aliphatic heterocycles. The average Bonchev–Trinajstić information content (AvgIpc) is 2.85. The van der Waals surface area contributed by atoms with Crippen molar-refractivity contribution in [3.63, 3.8) is 0 Å². The topological polar surface area (TPSA) is 60.6 Å². The molecule has 2 rings (SSSR count). The van der Waals surface area contributed by atoms with E-state index < -0.39 is 0 Å². The highest BCUT2D eigenvalue weighted by Crippen LogP contribution is 2.15. The Hall–Kier alpha value is -1.69. The lowest BCUT2D eigenvalue weighted by Gasteiger charge is -2.13. The smallest absolute Gasteiger partial charge is 0.138 e. The van der Waals surface area contributed by atoms with Crippen molar-refractivity contribution in [2.75, 3.05) is 7.05 Å². The second kappa shape index (κ2) is 4.44. The number of nitrogens with one attached hydrogen (secondary N) is 1. The summed E-state index contributed by atoms with van der Waals surface area (Å²) in [5, 5.41) is 11.5. The van der Waals surface area contributed by atoms with Gasteiger partial charge in [0.25, 0.3) is 0 Å². The zero-order valence-electron chi connectivity index (χ0n) is 9.75. The molecule has 6 heteroatoms. The summed E-state index contributed by atoms with van der Waals surface area (Å²) in [6, 6.07) is 0.219. The van der Waals surface area contributed by atoms with Crippen LogP contribution in [-0.4, -0.2) is 31.6 Å². The van der Waals surface area contributed by atoms with Gasteiger partial charge in [0.15, 0.2) is 0 Å². The number of likely N-dealkylation sites (N-methyl/N-ethyl adjacent to an activating group) is 1. The average molecular weight is 220 g/mol. The summed E-state index contributed by atoms with van der Waals surface area (Å²) < 4.78 is 3.59. The molecule has 0 aliphatic carbocycles. The lowest BCUT2D eigenvalue weighted by atomic mass is 10.1. The second-order valence-corrected chi connectivity index (χ2v) is 3.79. The molecule has 86 valence electrons. The predicted octanol–water partition coefficient (Wildman–Crippen LogP) is 0.0518. The quantitative estimate of drug-likeness (QED) is 0.791. The summed E-state index contributed by atoms with van der Waals surface area (Å²) in [6.45, 7) is 0. The highest BCUT2D eigenvalue weighted by atomic mass is 15.3. The van der Waals surface area contributed by atoms with Crippen LogP contribution in [0.1, 0.15) is 17.4 Å². The van der Waals surface area contributed by atoms with E-state index >= 15 is 0 Å². The molecule has 0 bridgehead atoms. The van der Waals surface area contributed by atoms with Crippen molar-refractivity contribution in [2.24, 2.45) is 14.1 Å². The fraction of sp³-hybridized carbons (Fsp3) is 0.500. The summed E-state index contributed by atoms with van der Waals surface area (Å²) in [7, 11) is 5.75. The molecule has 0 saturated heterocycles. The van der Waals surface area contributed by atoms with Gasteiger partial charge in [-0.05, 0) is 7.05 Å². The minimum atomic E-state index is 0.219. The molecule has 0 aromatic carbocycles. The Morgan fingerprint density at radius 1 is 1.38 bits per heavy atom. The van der Waals surface area contributed by atoms with Crippen molar-refractivity contribution in [3.05, 3.63) is 30.1 Å². The first kappa shape index (κ1) is 10.8. The molecule has 2 aromatic heterocycles. The fourth-order valence-electron chi connectivity index (χ4n) is 1.69. The van der Waals surface area contributed by atoms with Crippen LogP contribution in [0.2, 0.25) is 0 Å². The molecule has 0 aliphatic rings. The number of aryl methyl sites for hydroxylation is 2. The van der Waals surface area contributed by atoms with Crippen LogP contribution in [-0.2, 0) is 20.5 Å². The van der Waals surface area contributed by atoms with E-state index in [9.17, 15) is 0 Å². The van der Waals surface area contributed by atoms with Gasteiger partial charge in [-0.3, -0.25) is 9.36 Å². The van der Waals surface area contributed by atoms with Crippen molar-refractivity contribution in [2.45, 2.75) is 12.5 Å². The molecule has 2 aromatic rings. The van der Waals surface area contributed by atoms with Crippen LogP contribution in [0.15, 0.2) is 18.7 Å². The number of rotatable bonds is 4. The molecule has 16 heavy (non-hydrogen) atoms. The molecular weight excluding hydrogens is 204 g/mol. The standard InChI is InChI=1S/C10H16N6/c1-11-9(8-5-13-15(2)6-8)4-10-12-7-14-16(10)3/h5-7,9,11H,4H2,1-3H3. The van der Waals surface area contributed by atoms with Gasteiger partial charge in [0, 0.05) is 38.3 Å². The number of nitrogens with zero attached hydrogens (tertiary/aromatic N) is 5. The molecule has 0 spiro atoms. The Bertz CT molecular complexity index is 457. The van der Waals surface area contributed by atoms with Gasteiger partial charge >= 0.3 is 0 Å². The predicted molar refractivity (Wildman–Crippen MR) is 59.7 cm³/mol. The summed E-state index contributed by atoms with van der Waals surface area (Å²) in [5.41, 5.74) is 1.16. The molecule has 0 radical (unpaired) electrons. The van der Waals surface area contributed by atoms with E-state index in [0.717, 1.165) is 17.8 Å². The molecule has 0 fully saturated rings. The van der Waals surface area contributed by atoms with E-state index in [1.54, 1.807) is 15.7 Å². The first-order valence-electron chi connectivity index (χ1n) is 5.19. The summed E-state index contributed by atoms with van der Waals surface area (Å²) >= 11 is 0. The highest BCUT2D eigenvalue weighted by Gasteiger charge is 2.14. The second-order valence-electron chi connectivity index (χ2n) is 3.79. The van der Waals surface area contributed by atoms with Gasteiger partial charge < -0.3 is 5.32 Å². The zero-order chi connectivity index (χ0) is 11.5. The molecule has 0 saturated carbocycles. The molecule has 6 nitrogen and oxygen atoms in total. The van der Waals surface area contributed by atoms with Crippen LogP contribution >= 0.6 is 0 Å². The van der Waals surface area contributed by atoms with E-state index in [4.69, 9.17) is 0 Å². The van der Waals surface area contributed by atoms with E-state index in [0.29, 0.717) is 0 Å². The van der Waals surface area contributed by atoms with Crippen LogP contribution in [0.3, 0.4) is 0 Å². The molecule has 1 atom stereocenters. The Morgan fingerprint density at radius 2 is 2.19 bits per heavy atom. The Balaban J connectivity index is 2.15. The van der Waals surface area contributed by atoms with Gasteiger partial charge in [-0.25, -0.2) is 4.98 Å². The minimum absolute atomic E-state index is 0.219. The van der Waals surface area contributed by atoms with Crippen molar-refractivity contribution >= 4 is 0 Å². The minimum Gasteiger partial charge on any atom is -0.313 e. The van der Waals surface area contributed by atoms with Gasteiger partial charge in [0.2, 0.25) is 0 Å².